The third-order valence-corrected chi connectivity index (χ3v) is 4.91. The fraction of sp³-hybridized carbons (Fsp3) is 0.429. The fourth-order valence-electron chi connectivity index (χ4n) is 2.29. The van der Waals surface area contributed by atoms with Crippen LogP contribution in [0.25, 0.3) is 0 Å². The molecule has 21 heavy (non-hydrogen) atoms. The van der Waals surface area contributed by atoms with Gasteiger partial charge in [0.1, 0.15) is 6.04 Å². The Morgan fingerprint density at radius 2 is 2.14 bits per heavy atom. The molecule has 0 aliphatic carbocycles. The Kier molecular flexibility index (Phi) is 5.79. The molecule has 7 heteroatoms. The molecular weight excluding hydrogens is 333 g/mol. The van der Waals surface area contributed by atoms with Gasteiger partial charge in [0.25, 0.3) is 0 Å². The van der Waals surface area contributed by atoms with Crippen molar-refractivity contribution in [3.05, 3.63) is 33.8 Å². The molecule has 0 bridgehead atoms. The zero-order valence-corrected chi connectivity index (χ0v) is 13.5. The molecule has 1 saturated heterocycles. The first-order chi connectivity index (χ1) is 9.99. The molecule has 1 heterocycles. The van der Waals surface area contributed by atoms with Crippen molar-refractivity contribution in [1.82, 2.24) is 4.90 Å². The molecule has 0 aromatic heterocycles. The number of carboxylic acids is 1. The molecule has 1 aliphatic rings. The second kappa shape index (κ2) is 7.38. The Hall–Kier alpha value is -0.910. The maximum absolute atomic E-state index is 12.1. The zero-order valence-electron chi connectivity index (χ0n) is 11.2. The number of halogens is 2. The first kappa shape index (κ1) is 16.5. The van der Waals surface area contributed by atoms with E-state index in [0.717, 1.165) is 12.0 Å². The molecule has 1 atom stereocenters. The van der Waals surface area contributed by atoms with Gasteiger partial charge >= 0.3 is 5.97 Å². The Morgan fingerprint density at radius 3 is 2.81 bits per heavy atom. The van der Waals surface area contributed by atoms with E-state index in [0.29, 0.717) is 28.8 Å². The van der Waals surface area contributed by atoms with Gasteiger partial charge in [-0.15, -0.1) is 11.8 Å². The van der Waals surface area contributed by atoms with Gasteiger partial charge in [-0.05, 0) is 30.5 Å². The van der Waals surface area contributed by atoms with Crippen molar-refractivity contribution >= 4 is 46.8 Å². The molecule has 1 N–H and O–H groups in total. The van der Waals surface area contributed by atoms with Crippen LogP contribution < -0.4 is 0 Å². The second-order valence-electron chi connectivity index (χ2n) is 4.81. The molecule has 114 valence electrons. The van der Waals surface area contributed by atoms with Crippen molar-refractivity contribution in [2.45, 2.75) is 24.6 Å². The Balaban J connectivity index is 1.85. The first-order valence-electron chi connectivity index (χ1n) is 6.53. The summed E-state index contributed by atoms with van der Waals surface area (Å²) in [5.41, 5.74) is 0.912. The molecule has 0 radical (unpaired) electrons. The maximum Gasteiger partial charge on any atom is 0.326 e. The lowest BCUT2D eigenvalue weighted by molar-refractivity contribution is -0.147. The zero-order chi connectivity index (χ0) is 15.4. The number of rotatable bonds is 5. The van der Waals surface area contributed by atoms with E-state index >= 15 is 0 Å². The largest absolute Gasteiger partial charge is 0.480 e. The number of carboxylic acid groups (broad SMARTS) is 1. The number of hydrogen-bond donors (Lipinski definition) is 1. The monoisotopic (exact) mass is 347 g/mol. The van der Waals surface area contributed by atoms with E-state index in [1.165, 1.54) is 16.7 Å². The molecule has 1 fully saturated rings. The fourth-order valence-corrected chi connectivity index (χ4v) is 3.76. The SMILES string of the molecule is O=C(O)[C@@H]1CCCN1C(=O)CSCc1ccc(Cl)cc1Cl. The summed E-state index contributed by atoms with van der Waals surface area (Å²) < 4.78 is 0. The molecule has 4 nitrogen and oxygen atoms in total. The van der Waals surface area contributed by atoms with Crippen LogP contribution in [0.5, 0.6) is 0 Å². The second-order valence-corrected chi connectivity index (χ2v) is 6.64. The topological polar surface area (TPSA) is 57.6 Å². The van der Waals surface area contributed by atoms with Crippen molar-refractivity contribution in [2.24, 2.45) is 0 Å². The van der Waals surface area contributed by atoms with Crippen molar-refractivity contribution < 1.29 is 14.7 Å². The number of benzene rings is 1. The van der Waals surface area contributed by atoms with E-state index in [2.05, 4.69) is 0 Å². The van der Waals surface area contributed by atoms with Gasteiger partial charge in [-0.2, -0.15) is 0 Å². The van der Waals surface area contributed by atoms with Gasteiger partial charge in [0.15, 0.2) is 0 Å². The smallest absolute Gasteiger partial charge is 0.326 e. The number of amides is 1. The van der Waals surface area contributed by atoms with Gasteiger partial charge in [-0.3, -0.25) is 4.79 Å². The van der Waals surface area contributed by atoms with E-state index in [-0.39, 0.29) is 11.7 Å². The van der Waals surface area contributed by atoms with E-state index < -0.39 is 12.0 Å². The molecule has 1 amide bonds. The van der Waals surface area contributed by atoms with Crippen LogP contribution in [0.15, 0.2) is 18.2 Å². The van der Waals surface area contributed by atoms with Crippen LogP contribution in [0.3, 0.4) is 0 Å². The molecule has 1 aromatic carbocycles. The number of hydrogen-bond acceptors (Lipinski definition) is 3. The lowest BCUT2D eigenvalue weighted by Crippen LogP contribution is -2.41. The van der Waals surface area contributed by atoms with Crippen molar-refractivity contribution in [3.63, 3.8) is 0 Å². The standard InChI is InChI=1S/C14H15Cl2NO3S/c15-10-4-3-9(11(16)6-10)7-21-8-13(18)17-5-1-2-12(17)14(19)20/h3-4,6,12H,1-2,5,7-8H2,(H,19,20)/t12-/m0/s1. The number of thioether (sulfide) groups is 1. The number of carbonyl (C=O) groups excluding carboxylic acids is 1. The molecule has 0 spiro atoms. The highest BCUT2D eigenvalue weighted by Crippen LogP contribution is 2.25. The summed E-state index contributed by atoms with van der Waals surface area (Å²) in [6.07, 6.45) is 1.28. The summed E-state index contributed by atoms with van der Waals surface area (Å²) in [5.74, 6) is -0.211. The van der Waals surface area contributed by atoms with Gasteiger partial charge in [0.2, 0.25) is 5.91 Å². The van der Waals surface area contributed by atoms with Gasteiger partial charge in [-0.1, -0.05) is 29.3 Å². The maximum atomic E-state index is 12.1. The molecule has 2 rings (SSSR count). The van der Waals surface area contributed by atoms with Crippen LogP contribution in [0.2, 0.25) is 10.0 Å². The minimum absolute atomic E-state index is 0.130. The first-order valence-corrected chi connectivity index (χ1v) is 8.44. The van der Waals surface area contributed by atoms with Crippen LogP contribution in [-0.2, 0) is 15.3 Å². The number of likely N-dealkylation sites (tertiary alicyclic amines) is 1. The Labute approximate surface area is 137 Å². The molecule has 1 aromatic rings. The van der Waals surface area contributed by atoms with Crippen LogP contribution in [-0.4, -0.2) is 40.2 Å². The van der Waals surface area contributed by atoms with Gasteiger partial charge in [0, 0.05) is 22.3 Å². The van der Waals surface area contributed by atoms with Crippen LogP contribution in [0, 0.1) is 0 Å². The summed E-state index contributed by atoms with van der Waals surface area (Å²) in [6, 6.07) is 4.59. The Morgan fingerprint density at radius 1 is 1.38 bits per heavy atom. The summed E-state index contributed by atoms with van der Waals surface area (Å²) in [6.45, 7) is 0.526. The van der Waals surface area contributed by atoms with Crippen LogP contribution in [0.1, 0.15) is 18.4 Å². The van der Waals surface area contributed by atoms with Crippen molar-refractivity contribution in [3.8, 4) is 0 Å². The Bertz CT molecular complexity index is 553. The average molecular weight is 348 g/mol. The number of nitrogens with zero attached hydrogens (tertiary/aromatic N) is 1. The number of carbonyl (C=O) groups is 2. The third-order valence-electron chi connectivity index (χ3n) is 3.36. The highest BCUT2D eigenvalue weighted by molar-refractivity contribution is 7.99. The van der Waals surface area contributed by atoms with E-state index in [1.54, 1.807) is 12.1 Å². The minimum atomic E-state index is -0.924. The van der Waals surface area contributed by atoms with E-state index in [9.17, 15) is 9.59 Å². The summed E-state index contributed by atoms with van der Waals surface area (Å²) >= 11 is 13.3. The molecular formula is C14H15Cl2NO3S. The third kappa shape index (κ3) is 4.28. The number of aliphatic carboxylic acids is 1. The summed E-state index contributed by atoms with van der Waals surface area (Å²) in [5, 5.41) is 10.2. The average Bonchev–Trinajstić information content (AvgIpc) is 2.90. The molecule has 0 saturated carbocycles. The molecule has 0 unspecified atom stereocenters. The lowest BCUT2D eigenvalue weighted by Gasteiger charge is -2.21. The normalized spacial score (nSPS) is 18.0. The predicted molar refractivity (Wildman–Crippen MR) is 85.0 cm³/mol. The van der Waals surface area contributed by atoms with Gasteiger partial charge in [0.05, 0.1) is 5.75 Å². The van der Waals surface area contributed by atoms with E-state index in [4.69, 9.17) is 28.3 Å². The summed E-state index contributed by atoms with van der Waals surface area (Å²) in [7, 11) is 0. The highest BCUT2D eigenvalue weighted by atomic mass is 35.5. The highest BCUT2D eigenvalue weighted by Gasteiger charge is 2.33. The van der Waals surface area contributed by atoms with Crippen molar-refractivity contribution in [1.29, 1.82) is 0 Å². The van der Waals surface area contributed by atoms with Gasteiger partial charge in [-0.25, -0.2) is 4.79 Å². The van der Waals surface area contributed by atoms with Crippen LogP contribution >= 0.6 is 35.0 Å². The van der Waals surface area contributed by atoms with Crippen LogP contribution in [0.4, 0.5) is 0 Å². The lowest BCUT2D eigenvalue weighted by atomic mass is 10.2. The predicted octanol–water partition coefficient (Wildman–Crippen LogP) is 3.30. The minimum Gasteiger partial charge on any atom is -0.480 e. The summed E-state index contributed by atoms with van der Waals surface area (Å²) in [4.78, 5) is 24.6. The molecule has 1 aliphatic heterocycles. The van der Waals surface area contributed by atoms with Crippen molar-refractivity contribution in [2.75, 3.05) is 12.3 Å². The van der Waals surface area contributed by atoms with E-state index in [1.807, 2.05) is 6.07 Å². The quantitative estimate of drug-likeness (QED) is 0.887. The van der Waals surface area contributed by atoms with Gasteiger partial charge < -0.3 is 10.0 Å².